The largest absolute Gasteiger partial charge is 0.272 e. The zero-order valence-electron chi connectivity index (χ0n) is 18.3. The summed E-state index contributed by atoms with van der Waals surface area (Å²) in [4.78, 5) is 43.1. The Morgan fingerprint density at radius 3 is 2.65 bits per heavy atom. The molecule has 1 aromatic heterocycles. The smallest absolute Gasteiger partial charge is 0.266 e. The van der Waals surface area contributed by atoms with Gasteiger partial charge >= 0.3 is 0 Å². The topological polar surface area (TPSA) is 84.3 Å². The van der Waals surface area contributed by atoms with Gasteiger partial charge in [0, 0.05) is 5.02 Å². The summed E-state index contributed by atoms with van der Waals surface area (Å²) in [6.07, 6.45) is 5.04. The predicted octanol–water partition coefficient (Wildman–Crippen LogP) is 4.40. The van der Waals surface area contributed by atoms with Gasteiger partial charge in [-0.25, -0.2) is 9.99 Å². The first kappa shape index (κ1) is 23.3. The maximum Gasteiger partial charge on any atom is 0.266 e. The molecule has 0 radical (unpaired) electrons. The number of nitrogens with one attached hydrogen (secondary N) is 1. The minimum Gasteiger partial charge on any atom is -0.272 e. The highest BCUT2D eigenvalue weighted by Gasteiger charge is 2.47. The van der Waals surface area contributed by atoms with Crippen molar-refractivity contribution in [3.8, 4) is 5.69 Å². The third-order valence-electron chi connectivity index (χ3n) is 6.14. The lowest BCUT2D eigenvalue weighted by atomic mass is 9.94. The number of fused-ring (bicyclic) bond motifs is 1. The molecule has 176 valence electrons. The molecular weight excluding hydrogens is 492 g/mol. The average molecular weight is 515 g/mol. The number of hydrogen-bond acceptors (Lipinski definition) is 6. The van der Waals surface area contributed by atoms with Crippen LogP contribution < -0.4 is 11.0 Å². The number of halogens is 1. The molecule has 10 heteroatoms. The van der Waals surface area contributed by atoms with E-state index in [1.165, 1.54) is 4.57 Å². The second kappa shape index (κ2) is 9.64. The highest BCUT2D eigenvalue weighted by molar-refractivity contribution is 8.01. The number of hydrazine groups is 1. The van der Waals surface area contributed by atoms with E-state index in [2.05, 4.69) is 10.4 Å². The SMILES string of the molecule is O=C(CSc1nc2ccc(Cl)cc2c(=O)n1-c1ccccc1)NN1C(=O)CSC12CCCCC2. The van der Waals surface area contributed by atoms with Crippen LogP contribution in [-0.4, -0.2) is 42.8 Å². The van der Waals surface area contributed by atoms with Crippen LogP contribution in [0, 0.1) is 0 Å². The van der Waals surface area contributed by atoms with Crippen molar-refractivity contribution < 1.29 is 9.59 Å². The molecule has 1 N–H and O–H groups in total. The Balaban J connectivity index is 1.41. The summed E-state index contributed by atoms with van der Waals surface area (Å²) in [5, 5.41) is 2.81. The first-order valence-electron chi connectivity index (χ1n) is 11.1. The summed E-state index contributed by atoms with van der Waals surface area (Å²) in [6.45, 7) is 0. The minimum atomic E-state index is -0.331. The molecule has 1 aliphatic heterocycles. The zero-order chi connectivity index (χ0) is 23.7. The molecule has 1 aliphatic carbocycles. The summed E-state index contributed by atoms with van der Waals surface area (Å²) in [6, 6.07) is 14.2. The molecule has 2 amide bonds. The van der Waals surface area contributed by atoms with Crippen molar-refractivity contribution in [2.45, 2.75) is 42.1 Å². The fourth-order valence-electron chi connectivity index (χ4n) is 4.51. The van der Waals surface area contributed by atoms with Crippen LogP contribution >= 0.6 is 35.1 Å². The number of thioether (sulfide) groups is 2. The summed E-state index contributed by atoms with van der Waals surface area (Å²) >= 11 is 8.91. The summed E-state index contributed by atoms with van der Waals surface area (Å²) in [7, 11) is 0. The number of aromatic nitrogens is 2. The molecule has 2 aliphatic rings. The molecule has 2 heterocycles. The third kappa shape index (κ3) is 4.44. The number of nitrogens with zero attached hydrogens (tertiary/aromatic N) is 3. The molecule has 1 spiro atoms. The van der Waals surface area contributed by atoms with Gasteiger partial charge in [-0.2, -0.15) is 0 Å². The van der Waals surface area contributed by atoms with Crippen LogP contribution in [0.25, 0.3) is 16.6 Å². The van der Waals surface area contributed by atoms with Gasteiger partial charge < -0.3 is 0 Å². The van der Waals surface area contributed by atoms with E-state index in [0.717, 1.165) is 43.9 Å². The number of para-hydroxylation sites is 1. The second-order valence-corrected chi connectivity index (χ2v) is 11.1. The fraction of sp³-hybridized carbons (Fsp3) is 0.333. The lowest BCUT2D eigenvalue weighted by Crippen LogP contribution is -2.55. The van der Waals surface area contributed by atoms with Crippen LogP contribution in [0.15, 0.2) is 58.5 Å². The molecule has 0 atom stereocenters. The molecule has 1 saturated heterocycles. The van der Waals surface area contributed by atoms with E-state index in [1.54, 1.807) is 35.0 Å². The molecule has 7 nitrogen and oxygen atoms in total. The Kier molecular flexibility index (Phi) is 6.59. The molecule has 3 aromatic rings. The molecule has 1 saturated carbocycles. The van der Waals surface area contributed by atoms with Crippen molar-refractivity contribution in [3.63, 3.8) is 0 Å². The Labute approximate surface area is 210 Å². The second-order valence-electron chi connectivity index (χ2n) is 8.38. The van der Waals surface area contributed by atoms with Gasteiger partial charge in [-0.15, -0.1) is 11.8 Å². The van der Waals surface area contributed by atoms with Gasteiger partial charge in [0.15, 0.2) is 5.16 Å². The van der Waals surface area contributed by atoms with E-state index in [4.69, 9.17) is 11.6 Å². The van der Waals surface area contributed by atoms with E-state index in [0.29, 0.717) is 32.5 Å². The highest BCUT2D eigenvalue weighted by Crippen LogP contribution is 2.46. The summed E-state index contributed by atoms with van der Waals surface area (Å²) < 4.78 is 1.50. The van der Waals surface area contributed by atoms with Gasteiger partial charge in [0.2, 0.25) is 5.91 Å². The highest BCUT2D eigenvalue weighted by atomic mass is 35.5. The number of carbonyl (C=O) groups is 2. The maximum absolute atomic E-state index is 13.4. The van der Waals surface area contributed by atoms with Gasteiger partial charge in [0.05, 0.1) is 28.1 Å². The van der Waals surface area contributed by atoms with Crippen LogP contribution in [0.4, 0.5) is 0 Å². The number of rotatable bonds is 5. The standard InChI is InChI=1S/C24H23ClN4O3S2/c25-16-9-10-19-18(13-16)22(32)28(17-7-3-1-4-8-17)23(26-19)33-14-20(30)27-29-21(31)15-34-24(29)11-5-2-6-12-24/h1,3-4,7-10,13H,2,5-6,11-12,14-15H2,(H,27,30). The number of hydrogen-bond donors (Lipinski definition) is 1. The Morgan fingerprint density at radius 2 is 1.88 bits per heavy atom. The van der Waals surface area contributed by atoms with Crippen molar-refractivity contribution >= 4 is 57.8 Å². The van der Waals surface area contributed by atoms with Gasteiger partial charge in [0.25, 0.3) is 11.5 Å². The van der Waals surface area contributed by atoms with E-state index in [1.807, 2.05) is 30.3 Å². The van der Waals surface area contributed by atoms with Crippen LogP contribution in [-0.2, 0) is 9.59 Å². The third-order valence-corrected chi connectivity index (χ3v) is 8.83. The molecule has 5 rings (SSSR count). The van der Waals surface area contributed by atoms with Gasteiger partial charge in [-0.1, -0.05) is 60.8 Å². The van der Waals surface area contributed by atoms with E-state index in [-0.39, 0.29) is 28.0 Å². The predicted molar refractivity (Wildman–Crippen MR) is 136 cm³/mol. The van der Waals surface area contributed by atoms with Crippen LogP contribution in [0.2, 0.25) is 5.02 Å². The maximum atomic E-state index is 13.4. The minimum absolute atomic E-state index is 0.0168. The first-order chi connectivity index (χ1) is 16.5. The van der Waals surface area contributed by atoms with E-state index in [9.17, 15) is 14.4 Å². The molecule has 2 fully saturated rings. The summed E-state index contributed by atoms with van der Waals surface area (Å²) in [5.41, 5.74) is 3.75. The van der Waals surface area contributed by atoms with Crippen molar-refractivity contribution in [2.24, 2.45) is 0 Å². The van der Waals surface area contributed by atoms with Crippen molar-refractivity contribution in [1.82, 2.24) is 20.0 Å². The van der Waals surface area contributed by atoms with Gasteiger partial charge in [-0.3, -0.25) is 24.4 Å². The lowest BCUT2D eigenvalue weighted by molar-refractivity contribution is -0.142. The monoisotopic (exact) mass is 514 g/mol. The van der Waals surface area contributed by atoms with Crippen molar-refractivity contribution in [1.29, 1.82) is 0 Å². The fourth-order valence-corrected chi connectivity index (χ4v) is 6.87. The van der Waals surface area contributed by atoms with Crippen molar-refractivity contribution in [2.75, 3.05) is 11.5 Å². The van der Waals surface area contributed by atoms with Crippen LogP contribution in [0.1, 0.15) is 32.1 Å². The van der Waals surface area contributed by atoms with E-state index < -0.39 is 0 Å². The first-order valence-corrected chi connectivity index (χ1v) is 13.5. The van der Waals surface area contributed by atoms with Gasteiger partial charge in [-0.05, 0) is 43.2 Å². The van der Waals surface area contributed by atoms with Gasteiger partial charge in [0.1, 0.15) is 4.87 Å². The normalized spacial score (nSPS) is 17.4. The quantitative estimate of drug-likeness (QED) is 0.401. The van der Waals surface area contributed by atoms with Crippen molar-refractivity contribution in [3.05, 3.63) is 63.9 Å². The number of amides is 2. The average Bonchev–Trinajstić information content (AvgIpc) is 3.13. The lowest BCUT2D eigenvalue weighted by Gasteiger charge is -2.39. The summed E-state index contributed by atoms with van der Waals surface area (Å²) in [5.74, 6) is 0.0431. The molecule has 34 heavy (non-hydrogen) atoms. The number of carbonyl (C=O) groups excluding carboxylic acids is 2. The zero-order valence-corrected chi connectivity index (χ0v) is 20.7. The Hall–Kier alpha value is -2.49. The van der Waals surface area contributed by atoms with Crippen LogP contribution in [0.5, 0.6) is 0 Å². The number of benzene rings is 2. The molecule has 0 unspecified atom stereocenters. The van der Waals surface area contributed by atoms with E-state index >= 15 is 0 Å². The van der Waals surface area contributed by atoms with Crippen LogP contribution in [0.3, 0.4) is 0 Å². The molecule has 2 aromatic carbocycles. The Morgan fingerprint density at radius 1 is 1.12 bits per heavy atom. The Bertz CT molecular complexity index is 1310. The molecular formula is C24H23ClN4O3S2. The molecule has 0 bridgehead atoms.